The van der Waals surface area contributed by atoms with Gasteiger partial charge in [0.25, 0.3) is 11.6 Å². The van der Waals surface area contributed by atoms with Gasteiger partial charge in [-0.2, -0.15) is 0 Å². The maximum absolute atomic E-state index is 12.7. The van der Waals surface area contributed by atoms with Gasteiger partial charge in [-0.15, -0.1) is 11.8 Å². The maximum atomic E-state index is 12.7. The van der Waals surface area contributed by atoms with Crippen molar-refractivity contribution in [2.45, 2.75) is 25.2 Å². The highest BCUT2D eigenvalue weighted by Gasteiger charge is 2.22. The molecule has 1 aliphatic rings. The van der Waals surface area contributed by atoms with Crippen molar-refractivity contribution < 1.29 is 14.5 Å². The third-order valence-corrected chi connectivity index (χ3v) is 5.74. The number of benzene rings is 2. The lowest BCUT2D eigenvalue weighted by Crippen LogP contribution is -2.27. The van der Waals surface area contributed by atoms with Crippen LogP contribution in [-0.2, 0) is 0 Å². The summed E-state index contributed by atoms with van der Waals surface area (Å²) in [5.74, 6) is 0.852. The number of hydrogen-bond donors (Lipinski definition) is 2. The summed E-state index contributed by atoms with van der Waals surface area (Å²) < 4.78 is 0. The highest BCUT2D eigenvalue weighted by molar-refractivity contribution is 7.99. The first kappa shape index (κ1) is 21.6. The molecule has 1 saturated heterocycles. The highest BCUT2D eigenvalue weighted by Crippen LogP contribution is 2.31. The lowest BCUT2D eigenvalue weighted by molar-refractivity contribution is -0.387. The molecule has 0 radical (unpaired) electrons. The number of thioether (sulfide) groups is 1. The zero-order valence-electron chi connectivity index (χ0n) is 16.9. The summed E-state index contributed by atoms with van der Waals surface area (Å²) in [5.41, 5.74) is 1.32. The first-order chi connectivity index (χ1) is 14.3. The van der Waals surface area contributed by atoms with Gasteiger partial charge < -0.3 is 10.6 Å². The van der Waals surface area contributed by atoms with E-state index in [2.05, 4.69) is 24.5 Å². The van der Waals surface area contributed by atoms with Gasteiger partial charge >= 0.3 is 6.03 Å². The van der Waals surface area contributed by atoms with E-state index in [0.717, 1.165) is 12.2 Å². The van der Waals surface area contributed by atoms with Crippen molar-refractivity contribution in [3.8, 4) is 0 Å². The molecule has 30 heavy (non-hydrogen) atoms. The lowest BCUT2D eigenvalue weighted by atomic mass is 10.1. The number of carbonyl (C=O) groups excluding carboxylic acids is 2. The number of carbonyl (C=O) groups is 2. The Kier molecular flexibility index (Phi) is 6.94. The number of nitrogens with zero attached hydrogens (tertiary/aromatic N) is 2. The van der Waals surface area contributed by atoms with Crippen LogP contribution in [0.3, 0.4) is 0 Å². The molecule has 0 bridgehead atoms. The topological polar surface area (TPSA) is 105 Å². The van der Waals surface area contributed by atoms with Crippen molar-refractivity contribution in [3.63, 3.8) is 0 Å². The molecule has 2 aromatic carbocycles. The predicted octanol–water partition coefficient (Wildman–Crippen LogP) is 4.51. The summed E-state index contributed by atoms with van der Waals surface area (Å²) >= 11 is 1.43. The summed E-state index contributed by atoms with van der Waals surface area (Å²) in [6, 6.07) is 11.3. The van der Waals surface area contributed by atoms with Gasteiger partial charge in [-0.05, 0) is 48.4 Å². The van der Waals surface area contributed by atoms with Gasteiger partial charge in [0, 0.05) is 36.1 Å². The molecule has 0 saturated carbocycles. The van der Waals surface area contributed by atoms with Crippen LogP contribution in [0.25, 0.3) is 0 Å². The Morgan fingerprint density at radius 2 is 2.10 bits per heavy atom. The Hall–Kier alpha value is -3.07. The number of hydrogen-bond acceptors (Lipinski definition) is 5. The average Bonchev–Trinajstić information content (AvgIpc) is 3.14. The van der Waals surface area contributed by atoms with Crippen molar-refractivity contribution in [1.82, 2.24) is 5.32 Å². The second-order valence-corrected chi connectivity index (χ2v) is 8.50. The standard InChI is InChI=1S/C21H24N4O4S/c1-14(2)8-11-30-19-7-6-15(12-18(19)25(28)29)20(26)23-16-4-3-5-17(13-16)24-10-9-22-21(24)27/h3-7,12-14H,8-11H2,1-2H3,(H,22,27)(H,23,26). The molecule has 0 unspecified atom stereocenters. The monoisotopic (exact) mass is 428 g/mol. The van der Waals surface area contributed by atoms with E-state index in [4.69, 9.17) is 0 Å². The zero-order valence-corrected chi connectivity index (χ0v) is 17.7. The van der Waals surface area contributed by atoms with Crippen LogP contribution < -0.4 is 15.5 Å². The molecule has 0 atom stereocenters. The van der Waals surface area contributed by atoms with Gasteiger partial charge in [-0.3, -0.25) is 19.8 Å². The van der Waals surface area contributed by atoms with Gasteiger partial charge in [0.2, 0.25) is 0 Å². The number of nitro groups is 1. The summed E-state index contributed by atoms with van der Waals surface area (Å²) in [7, 11) is 0. The molecule has 3 rings (SSSR count). The van der Waals surface area contributed by atoms with E-state index >= 15 is 0 Å². The van der Waals surface area contributed by atoms with E-state index in [0.29, 0.717) is 35.3 Å². The fraction of sp³-hybridized carbons (Fsp3) is 0.333. The van der Waals surface area contributed by atoms with Gasteiger partial charge in [-0.1, -0.05) is 19.9 Å². The Morgan fingerprint density at radius 3 is 2.77 bits per heavy atom. The molecule has 1 aliphatic heterocycles. The predicted molar refractivity (Wildman–Crippen MR) is 118 cm³/mol. The number of nitrogens with one attached hydrogen (secondary N) is 2. The molecule has 8 nitrogen and oxygen atoms in total. The summed E-state index contributed by atoms with van der Waals surface area (Å²) in [6.07, 6.45) is 0.954. The average molecular weight is 429 g/mol. The van der Waals surface area contributed by atoms with Crippen LogP contribution >= 0.6 is 11.8 Å². The van der Waals surface area contributed by atoms with E-state index in [-0.39, 0.29) is 17.3 Å². The van der Waals surface area contributed by atoms with Crippen LogP contribution in [0.1, 0.15) is 30.6 Å². The fourth-order valence-electron chi connectivity index (χ4n) is 3.00. The van der Waals surface area contributed by atoms with Gasteiger partial charge in [-0.25, -0.2) is 4.79 Å². The van der Waals surface area contributed by atoms with Crippen LogP contribution in [0.2, 0.25) is 0 Å². The van der Waals surface area contributed by atoms with E-state index < -0.39 is 10.8 Å². The Balaban J connectivity index is 1.74. The van der Waals surface area contributed by atoms with E-state index in [1.807, 2.05) is 0 Å². The Morgan fingerprint density at radius 1 is 1.30 bits per heavy atom. The largest absolute Gasteiger partial charge is 0.336 e. The molecule has 158 valence electrons. The molecule has 3 amide bonds. The molecule has 9 heteroatoms. The lowest BCUT2D eigenvalue weighted by Gasteiger charge is -2.15. The minimum absolute atomic E-state index is 0.0705. The van der Waals surface area contributed by atoms with Crippen molar-refractivity contribution in [3.05, 3.63) is 58.1 Å². The fourth-order valence-corrected chi connectivity index (χ4v) is 4.26. The highest BCUT2D eigenvalue weighted by atomic mass is 32.2. The number of anilines is 2. The summed E-state index contributed by atoms with van der Waals surface area (Å²) in [4.78, 5) is 37.7. The molecule has 0 spiro atoms. The van der Waals surface area contributed by atoms with E-state index in [9.17, 15) is 19.7 Å². The number of urea groups is 1. The van der Waals surface area contributed by atoms with Gasteiger partial charge in [0.1, 0.15) is 0 Å². The molecule has 2 aromatic rings. The molecular formula is C21H24N4O4S. The quantitative estimate of drug-likeness (QED) is 0.366. The van der Waals surface area contributed by atoms with Crippen molar-refractivity contribution in [2.75, 3.05) is 29.1 Å². The Labute approximate surface area is 179 Å². The van der Waals surface area contributed by atoms with Crippen molar-refractivity contribution in [2.24, 2.45) is 5.92 Å². The normalized spacial score (nSPS) is 13.4. The summed E-state index contributed by atoms with van der Waals surface area (Å²) in [5, 5.41) is 17.0. The van der Waals surface area contributed by atoms with Gasteiger partial charge in [0.15, 0.2) is 0 Å². The molecule has 1 fully saturated rings. The molecular weight excluding hydrogens is 404 g/mol. The van der Waals surface area contributed by atoms with E-state index in [1.54, 1.807) is 41.3 Å². The number of rotatable bonds is 8. The van der Waals surface area contributed by atoms with Crippen molar-refractivity contribution >= 4 is 40.8 Å². The molecule has 0 aliphatic carbocycles. The third kappa shape index (κ3) is 5.29. The van der Waals surface area contributed by atoms with Crippen LogP contribution in [0, 0.1) is 16.0 Å². The maximum Gasteiger partial charge on any atom is 0.321 e. The van der Waals surface area contributed by atoms with Crippen molar-refractivity contribution in [1.29, 1.82) is 0 Å². The van der Waals surface area contributed by atoms with Crippen LogP contribution in [-0.4, -0.2) is 35.7 Å². The smallest absolute Gasteiger partial charge is 0.321 e. The van der Waals surface area contributed by atoms with Crippen LogP contribution in [0.4, 0.5) is 21.9 Å². The molecule has 1 heterocycles. The third-order valence-electron chi connectivity index (χ3n) is 4.64. The van der Waals surface area contributed by atoms with Crippen LogP contribution in [0.5, 0.6) is 0 Å². The number of nitro benzene ring substituents is 1. The zero-order chi connectivity index (χ0) is 21.7. The molecule has 0 aromatic heterocycles. The summed E-state index contributed by atoms with van der Waals surface area (Å²) in [6.45, 7) is 5.33. The van der Waals surface area contributed by atoms with Gasteiger partial charge in [0.05, 0.1) is 9.82 Å². The molecule has 2 N–H and O–H groups in total. The first-order valence-electron chi connectivity index (χ1n) is 9.73. The first-order valence-corrected chi connectivity index (χ1v) is 10.7. The van der Waals surface area contributed by atoms with Crippen LogP contribution in [0.15, 0.2) is 47.4 Å². The second kappa shape index (κ2) is 9.62. The number of amides is 3. The SMILES string of the molecule is CC(C)CCSc1ccc(C(=O)Nc2cccc(N3CCNC3=O)c2)cc1[N+](=O)[O-]. The Bertz CT molecular complexity index is 964. The van der Waals surface area contributed by atoms with E-state index in [1.165, 1.54) is 17.8 Å². The minimum Gasteiger partial charge on any atom is -0.336 e. The second-order valence-electron chi connectivity index (χ2n) is 7.36. The minimum atomic E-state index is -0.457.